The summed E-state index contributed by atoms with van der Waals surface area (Å²) < 4.78 is 0.993. The average molecular weight is 534 g/mol. The van der Waals surface area contributed by atoms with Gasteiger partial charge in [-0.05, 0) is 56.7 Å². The fourth-order valence-corrected chi connectivity index (χ4v) is 6.43. The molecule has 4 N–H and O–H groups in total. The van der Waals surface area contributed by atoms with E-state index >= 15 is 0 Å². The van der Waals surface area contributed by atoms with E-state index in [1.165, 1.54) is 11.3 Å². The zero-order chi connectivity index (χ0) is 26.8. The molecule has 10 nitrogen and oxygen atoms in total. The highest BCUT2D eigenvalue weighted by molar-refractivity contribution is 7.17. The summed E-state index contributed by atoms with van der Waals surface area (Å²) in [5.41, 5.74) is 3.88. The van der Waals surface area contributed by atoms with Gasteiger partial charge >= 0.3 is 12.0 Å². The molecule has 0 radical (unpaired) electrons. The lowest BCUT2D eigenvalue weighted by Gasteiger charge is -2.53. The first-order chi connectivity index (χ1) is 18.4. The number of rotatable bonds is 7. The minimum absolute atomic E-state index is 0.361. The summed E-state index contributed by atoms with van der Waals surface area (Å²) in [6, 6.07) is 9.28. The lowest BCUT2D eigenvalue weighted by molar-refractivity contribution is -0.158. The molecule has 4 heterocycles. The second-order valence-electron chi connectivity index (χ2n) is 9.43. The minimum Gasteiger partial charge on any atom is -0.481 e. The number of amides is 2. The largest absolute Gasteiger partial charge is 0.481 e. The standard InChI is InChI=1S/C27H31N7O3S/c1-3-26(24(35)36)9-12-28-16-22(26)27(33-25(37)29-4-2)32-11-7-13-34(27)18-14-19(20-8-5-6-10-30-20)23-21(15-18)31-17-38-23/h5-8,10-11,13-15,17,22,28H,3-4,9,12,16H2,1-2H3,(H,35,36)(H2,29,33,37). The fraction of sp³-hybridized carbons (Fsp3) is 0.370. The van der Waals surface area contributed by atoms with Crippen LogP contribution in [0.15, 0.2) is 59.3 Å². The Morgan fingerprint density at radius 3 is 2.87 bits per heavy atom. The Hall–Kier alpha value is -3.83. The van der Waals surface area contributed by atoms with Gasteiger partial charge in [-0.1, -0.05) is 13.0 Å². The Balaban J connectivity index is 1.72. The van der Waals surface area contributed by atoms with Crippen LogP contribution < -0.4 is 20.9 Å². The molecule has 3 aromatic rings. The third kappa shape index (κ3) is 4.31. The number of urea groups is 1. The molecule has 2 amide bonds. The summed E-state index contributed by atoms with van der Waals surface area (Å²) >= 11 is 1.53. The highest BCUT2D eigenvalue weighted by atomic mass is 32.1. The molecule has 38 heavy (non-hydrogen) atoms. The lowest BCUT2D eigenvalue weighted by Crippen LogP contribution is -2.71. The van der Waals surface area contributed by atoms with Gasteiger partial charge in [0.25, 0.3) is 0 Å². The number of carbonyl (C=O) groups excluding carboxylic acids is 1. The molecular formula is C27H31N7O3S. The molecule has 3 atom stereocenters. The van der Waals surface area contributed by atoms with E-state index in [2.05, 4.69) is 25.9 Å². The number of pyridine rings is 1. The summed E-state index contributed by atoms with van der Waals surface area (Å²) in [6.07, 6.45) is 7.81. The number of fused-ring (bicyclic) bond motifs is 1. The number of carboxylic acids is 1. The zero-order valence-electron chi connectivity index (χ0n) is 21.3. The number of allylic oxidation sites excluding steroid dienone is 1. The Morgan fingerprint density at radius 2 is 2.13 bits per heavy atom. The van der Waals surface area contributed by atoms with E-state index in [4.69, 9.17) is 4.99 Å². The molecular weight excluding hydrogens is 502 g/mol. The van der Waals surface area contributed by atoms with Crippen molar-refractivity contribution >= 4 is 45.5 Å². The van der Waals surface area contributed by atoms with Crippen LogP contribution in [-0.4, -0.2) is 58.7 Å². The van der Waals surface area contributed by atoms with Crippen molar-refractivity contribution < 1.29 is 14.7 Å². The van der Waals surface area contributed by atoms with Crippen molar-refractivity contribution in [3.63, 3.8) is 0 Å². The number of aromatic nitrogens is 2. The van der Waals surface area contributed by atoms with Gasteiger partial charge in [-0.3, -0.25) is 15.1 Å². The van der Waals surface area contributed by atoms with Crippen molar-refractivity contribution in [2.45, 2.75) is 32.5 Å². The predicted molar refractivity (Wildman–Crippen MR) is 149 cm³/mol. The molecule has 1 aromatic carbocycles. The van der Waals surface area contributed by atoms with Crippen molar-refractivity contribution in [3.8, 4) is 11.3 Å². The maximum Gasteiger partial charge on any atom is 0.318 e. The van der Waals surface area contributed by atoms with Crippen LogP contribution in [0, 0.1) is 11.3 Å². The van der Waals surface area contributed by atoms with Gasteiger partial charge in [0, 0.05) is 43.0 Å². The van der Waals surface area contributed by atoms with Crippen LogP contribution in [0.3, 0.4) is 0 Å². The van der Waals surface area contributed by atoms with Crippen LogP contribution in [0.5, 0.6) is 0 Å². The number of hydrogen-bond acceptors (Lipinski definition) is 8. The van der Waals surface area contributed by atoms with Crippen LogP contribution in [0.2, 0.25) is 0 Å². The zero-order valence-corrected chi connectivity index (χ0v) is 22.2. The minimum atomic E-state index is -1.42. The maximum atomic E-state index is 13.1. The van der Waals surface area contributed by atoms with E-state index in [0.29, 0.717) is 32.5 Å². The van der Waals surface area contributed by atoms with Gasteiger partial charge in [-0.25, -0.2) is 14.8 Å². The summed E-state index contributed by atoms with van der Waals surface area (Å²) in [4.78, 5) is 41.9. The predicted octanol–water partition coefficient (Wildman–Crippen LogP) is 3.83. The first-order valence-electron chi connectivity index (χ1n) is 12.8. The molecule has 2 aliphatic heterocycles. The van der Waals surface area contributed by atoms with E-state index in [1.54, 1.807) is 24.0 Å². The van der Waals surface area contributed by atoms with Crippen LogP contribution in [0.25, 0.3) is 21.5 Å². The van der Waals surface area contributed by atoms with Gasteiger partial charge in [0.2, 0.25) is 5.79 Å². The number of nitrogens with one attached hydrogen (secondary N) is 3. The van der Waals surface area contributed by atoms with Gasteiger partial charge in [0.05, 0.1) is 32.8 Å². The van der Waals surface area contributed by atoms with Crippen LogP contribution in [0.1, 0.15) is 26.7 Å². The third-order valence-electron chi connectivity index (χ3n) is 7.54. The molecule has 0 spiro atoms. The SMILES string of the molecule is CCNC(=O)NC1(C2CNCCC2(CC)C(=O)O)N=CC=CN1c1cc(-c2ccccn2)c2scnc2c1. The molecule has 5 rings (SSSR count). The second-order valence-corrected chi connectivity index (χ2v) is 10.3. The van der Waals surface area contributed by atoms with Crippen molar-refractivity contribution in [1.82, 2.24) is 25.9 Å². The van der Waals surface area contributed by atoms with E-state index in [1.807, 2.05) is 55.3 Å². The topological polar surface area (TPSA) is 132 Å². The van der Waals surface area contributed by atoms with Crippen LogP contribution in [0.4, 0.5) is 10.5 Å². The van der Waals surface area contributed by atoms with Gasteiger partial charge in [-0.15, -0.1) is 11.3 Å². The van der Waals surface area contributed by atoms with Crippen LogP contribution >= 0.6 is 11.3 Å². The number of carbonyl (C=O) groups is 2. The lowest BCUT2D eigenvalue weighted by atomic mass is 9.65. The Labute approximate surface area is 224 Å². The van der Waals surface area contributed by atoms with E-state index in [9.17, 15) is 14.7 Å². The number of nitrogens with zero attached hydrogens (tertiary/aromatic N) is 4. The number of benzene rings is 1. The Kier molecular flexibility index (Phi) is 7.13. The van der Waals surface area contributed by atoms with Gasteiger partial charge < -0.3 is 20.6 Å². The first-order valence-corrected chi connectivity index (χ1v) is 13.6. The smallest absolute Gasteiger partial charge is 0.318 e. The van der Waals surface area contributed by atoms with E-state index < -0.39 is 29.1 Å². The highest BCUT2D eigenvalue weighted by Crippen LogP contribution is 2.48. The number of aliphatic carboxylic acids is 1. The normalized spacial score (nSPS) is 24.9. The van der Waals surface area contributed by atoms with E-state index in [-0.39, 0.29) is 0 Å². The van der Waals surface area contributed by atoms with Crippen molar-refractivity contribution in [2.24, 2.45) is 16.3 Å². The van der Waals surface area contributed by atoms with Crippen molar-refractivity contribution in [1.29, 1.82) is 0 Å². The number of anilines is 1. The summed E-state index contributed by atoms with van der Waals surface area (Å²) in [5, 5.41) is 19.8. The summed E-state index contributed by atoms with van der Waals surface area (Å²) in [6.45, 7) is 5.07. The number of hydrogen-bond donors (Lipinski definition) is 4. The molecule has 3 unspecified atom stereocenters. The molecule has 2 aliphatic rings. The molecule has 1 fully saturated rings. The third-order valence-corrected chi connectivity index (χ3v) is 8.41. The number of piperidine rings is 1. The van der Waals surface area contributed by atoms with Crippen molar-refractivity contribution in [2.75, 3.05) is 24.5 Å². The number of carboxylic acid groups (broad SMARTS) is 1. The summed E-state index contributed by atoms with van der Waals surface area (Å²) in [7, 11) is 0. The molecule has 2 aromatic heterocycles. The Bertz CT molecular complexity index is 1390. The van der Waals surface area contributed by atoms with Crippen molar-refractivity contribution in [3.05, 3.63) is 54.3 Å². The van der Waals surface area contributed by atoms with Gasteiger partial charge in [0.1, 0.15) is 0 Å². The first kappa shape index (κ1) is 25.8. The van der Waals surface area contributed by atoms with Gasteiger partial charge in [-0.2, -0.15) is 0 Å². The van der Waals surface area contributed by atoms with Gasteiger partial charge in [0.15, 0.2) is 0 Å². The number of thiazole rings is 1. The van der Waals surface area contributed by atoms with Crippen LogP contribution in [-0.2, 0) is 4.79 Å². The molecule has 0 bridgehead atoms. The summed E-state index contributed by atoms with van der Waals surface area (Å²) in [5.74, 6) is -2.90. The number of aliphatic imine (C=N–C) groups is 1. The monoisotopic (exact) mass is 533 g/mol. The highest BCUT2D eigenvalue weighted by Gasteiger charge is 2.59. The Morgan fingerprint density at radius 1 is 1.26 bits per heavy atom. The van der Waals surface area contributed by atoms with E-state index in [0.717, 1.165) is 27.2 Å². The molecule has 1 saturated heterocycles. The molecule has 0 aliphatic carbocycles. The second kappa shape index (κ2) is 10.5. The molecule has 0 saturated carbocycles. The maximum absolute atomic E-state index is 13.1. The molecule has 198 valence electrons. The average Bonchev–Trinajstić information content (AvgIpc) is 3.42. The fourth-order valence-electron chi connectivity index (χ4n) is 5.64. The quantitative estimate of drug-likeness (QED) is 0.363. The molecule has 11 heteroatoms.